The van der Waals surface area contributed by atoms with E-state index in [-0.39, 0.29) is 69.2 Å². The van der Waals surface area contributed by atoms with Crippen LogP contribution < -0.4 is 0 Å². The molecule has 0 spiro atoms. The molecule has 5 aromatic carbocycles. The van der Waals surface area contributed by atoms with E-state index in [1.807, 2.05) is 45.0 Å². The van der Waals surface area contributed by atoms with Gasteiger partial charge in [0.1, 0.15) is 0 Å². The summed E-state index contributed by atoms with van der Waals surface area (Å²) >= 11 is 0. The van der Waals surface area contributed by atoms with Gasteiger partial charge in [0.25, 0.3) is 0 Å². The van der Waals surface area contributed by atoms with Gasteiger partial charge in [-0.1, -0.05) is 368 Å². The van der Waals surface area contributed by atoms with Crippen LogP contribution in [0.1, 0.15) is 376 Å². The van der Waals surface area contributed by atoms with Gasteiger partial charge in [-0.05, 0) is 236 Å². The Morgan fingerprint density at radius 1 is 0.444 bits per heavy atom. The smallest absolute Gasteiger partial charge is 0.0991 e. The molecule has 6 fully saturated rings. The Labute approximate surface area is 630 Å². The first kappa shape index (κ1) is 74.3. The highest BCUT2D eigenvalue weighted by Gasteiger charge is 2.55. The summed E-state index contributed by atoms with van der Waals surface area (Å²) in [4.78, 5) is 0. The van der Waals surface area contributed by atoms with Crippen molar-refractivity contribution in [2.24, 2.45) is 73.4 Å². The molecule has 0 N–H and O–H groups in total. The standard InChI is InChI=1S/C23H24.C14H24.C14H22.C11H13N.C10H20.C9H18.C9H20.C8H18/c1-17-10-8-13-19(16-17)21-15-9-14-20(22(21)23(2,3)4)18-11-6-5-7-12-18;1-13(2,3)14-7-10-4-11(8-14)6-12(5-10)9-14;1-13(2,3)11-9-7-8-10-12(11)14(4,5)6;1-11(2,3)10-6-4-9(8-12)5-7-10;1-10(2,3)9-7-5-4-6-8-9;1-9(2,3)8-6-4-5-7-8;1-8(2,3)7-9(4,5)6;1-7(2)6-8(3,4)5/h5-16H,1-4H3;10-12H,4-9H2,1-3H3;7-10H,1-6H3;4-7H,1-3H3;9H,4-8H2,1-3H3;8H,4-7H2,1-3H3;7H2,1-6H3;7H,6H2,1-5H3/i5D,6D,7D,8D,10D,11D,12D,13D,16D;;;;;;;. The SMILES string of the molecule is CC(C)(C)C12CC3CC(CC(C3)C1)C2.CC(C)(C)C1CCCC1.CC(C)(C)C1CCCCC1.CC(C)(C)CC(C)(C)C.CC(C)(C)c1ccc(C#N)cc1.CC(C)(C)c1ccccc1C(C)(C)C.CC(C)CC(C)(C)C.[2H]c1c([2H])c([2H])c(-c2cccc(-c3c([2H])c([2H])c([2H])c(C)c3[2H])c2C(C)(C)C)c([2H])c1[2H]. The van der Waals surface area contributed by atoms with Crippen LogP contribution in [-0.2, 0) is 21.7 Å². The maximum absolute atomic E-state index is 8.59. The van der Waals surface area contributed by atoms with Crippen LogP contribution in [0, 0.1) is 91.7 Å². The highest BCUT2D eigenvalue weighted by atomic mass is 14.6. The molecule has 0 aliphatic heterocycles. The molecule has 0 atom stereocenters. The van der Waals surface area contributed by atoms with E-state index in [9.17, 15) is 0 Å². The minimum Gasteiger partial charge on any atom is -0.192 e. The molecule has 11 rings (SSSR count). The molecule has 99 heavy (non-hydrogen) atoms. The fourth-order valence-electron chi connectivity index (χ4n) is 17.2. The average Bonchev–Trinajstić information content (AvgIpc) is 0.784. The Morgan fingerprint density at radius 2 is 0.838 bits per heavy atom. The third-order valence-corrected chi connectivity index (χ3v) is 21.1. The van der Waals surface area contributed by atoms with Crippen LogP contribution in [0.5, 0.6) is 0 Å². The number of nitriles is 1. The average molecular weight is 1360 g/mol. The van der Waals surface area contributed by atoms with Gasteiger partial charge < -0.3 is 0 Å². The predicted molar refractivity (Wildman–Crippen MR) is 444 cm³/mol. The molecule has 6 aliphatic carbocycles. The van der Waals surface area contributed by atoms with Gasteiger partial charge in [-0.2, -0.15) is 5.26 Å². The lowest BCUT2D eigenvalue weighted by Gasteiger charge is -2.62. The molecule has 0 heterocycles. The molecule has 556 valence electrons. The highest BCUT2D eigenvalue weighted by molar-refractivity contribution is 5.80. The van der Waals surface area contributed by atoms with Crippen molar-refractivity contribution in [1.82, 2.24) is 0 Å². The molecule has 0 unspecified atom stereocenters. The Kier molecular flexibility index (Phi) is 27.6. The van der Waals surface area contributed by atoms with Crippen LogP contribution >= 0.6 is 0 Å². The van der Waals surface area contributed by atoms with Crippen molar-refractivity contribution < 1.29 is 12.3 Å². The molecular formula is C98H159N. The van der Waals surface area contributed by atoms with E-state index in [2.05, 4.69) is 231 Å². The molecule has 5 aromatic rings. The molecule has 0 aromatic heterocycles. The molecule has 6 aliphatic rings. The lowest BCUT2D eigenvalue weighted by atomic mass is 9.43. The second-order valence-electron chi connectivity index (χ2n) is 42.4. The van der Waals surface area contributed by atoms with E-state index in [1.165, 1.54) is 87.3 Å². The van der Waals surface area contributed by atoms with Gasteiger partial charge in [0.05, 0.1) is 24.0 Å². The summed E-state index contributed by atoms with van der Waals surface area (Å²) in [6.07, 6.45) is 25.3. The second kappa shape index (κ2) is 36.8. The van der Waals surface area contributed by atoms with Gasteiger partial charge in [0.15, 0.2) is 0 Å². The molecule has 6 saturated carbocycles. The van der Waals surface area contributed by atoms with Crippen molar-refractivity contribution in [3.63, 3.8) is 0 Å². The maximum atomic E-state index is 8.59. The van der Waals surface area contributed by atoms with E-state index in [0.717, 1.165) is 46.5 Å². The minimum absolute atomic E-state index is 0.0280. The van der Waals surface area contributed by atoms with Crippen molar-refractivity contribution in [1.29, 1.82) is 5.26 Å². The summed E-state index contributed by atoms with van der Waals surface area (Å²) < 4.78 is 74.1. The summed E-state index contributed by atoms with van der Waals surface area (Å²) in [6, 6.07) is 21.0. The van der Waals surface area contributed by atoms with E-state index >= 15 is 0 Å². The van der Waals surface area contributed by atoms with Crippen LogP contribution in [0.25, 0.3) is 22.3 Å². The zero-order chi connectivity index (χ0) is 83.4. The van der Waals surface area contributed by atoms with Gasteiger partial charge in [-0.3, -0.25) is 0 Å². The van der Waals surface area contributed by atoms with Crippen LogP contribution in [0.4, 0.5) is 0 Å². The number of benzene rings is 5. The zero-order valence-corrected chi connectivity index (χ0v) is 70.8. The number of hydrogen-bond acceptors (Lipinski definition) is 1. The lowest BCUT2D eigenvalue weighted by Crippen LogP contribution is -2.51. The van der Waals surface area contributed by atoms with Gasteiger partial charge in [0.2, 0.25) is 0 Å². The van der Waals surface area contributed by atoms with Gasteiger partial charge in [0, 0.05) is 0 Å². The summed E-state index contributed by atoms with van der Waals surface area (Å²) in [6.45, 7) is 74.2. The molecule has 4 bridgehead atoms. The van der Waals surface area contributed by atoms with Crippen molar-refractivity contribution in [3.8, 4) is 28.3 Å². The fraction of sp³-hybridized carbons (Fsp3) is 0.684. The first-order chi connectivity index (χ1) is 48.8. The quantitative estimate of drug-likeness (QED) is 0.177. The summed E-state index contributed by atoms with van der Waals surface area (Å²) in [7, 11) is 0. The van der Waals surface area contributed by atoms with Crippen molar-refractivity contribution in [3.05, 3.63) is 154 Å². The first-order valence-electron chi connectivity index (χ1n) is 43.7. The maximum Gasteiger partial charge on any atom is 0.0991 e. The molecule has 0 radical (unpaired) electrons. The third kappa shape index (κ3) is 32.0. The van der Waals surface area contributed by atoms with E-state index in [1.54, 1.807) is 63.6 Å². The van der Waals surface area contributed by atoms with Crippen LogP contribution in [0.15, 0.2) is 121 Å². The second-order valence-corrected chi connectivity index (χ2v) is 42.4. The normalized spacial score (nSPS) is 21.1. The Hall–Kier alpha value is -4.41. The summed E-state index contributed by atoms with van der Waals surface area (Å²) in [5.41, 5.74) is 11.0. The largest absolute Gasteiger partial charge is 0.192 e. The van der Waals surface area contributed by atoms with Crippen molar-refractivity contribution >= 4 is 0 Å². The molecule has 0 saturated heterocycles. The van der Waals surface area contributed by atoms with Crippen molar-refractivity contribution in [2.75, 3.05) is 0 Å². The van der Waals surface area contributed by atoms with E-state index in [0.29, 0.717) is 49.2 Å². The first-order valence-corrected chi connectivity index (χ1v) is 39.2. The Bertz CT molecular complexity index is 3440. The van der Waals surface area contributed by atoms with E-state index < -0.39 is 23.5 Å². The minimum atomic E-state index is -0.594. The molecular weight excluding hydrogens is 1190 g/mol. The summed E-state index contributed by atoms with van der Waals surface area (Å²) in [5.74, 6) is 6.19. The van der Waals surface area contributed by atoms with Crippen LogP contribution in [0.2, 0.25) is 0 Å². The Morgan fingerprint density at radius 3 is 1.14 bits per heavy atom. The van der Waals surface area contributed by atoms with E-state index in [4.69, 9.17) is 17.6 Å². The summed E-state index contributed by atoms with van der Waals surface area (Å²) in [5, 5.41) is 8.58. The zero-order valence-electron chi connectivity index (χ0n) is 79.8. The molecule has 1 nitrogen and oxygen atoms in total. The fourth-order valence-corrected chi connectivity index (χ4v) is 17.2. The number of hydrogen-bond donors (Lipinski definition) is 0. The Balaban J connectivity index is 0.000000340. The van der Waals surface area contributed by atoms with Crippen LogP contribution in [-0.4, -0.2) is 0 Å². The van der Waals surface area contributed by atoms with Crippen molar-refractivity contribution in [2.45, 2.75) is 359 Å². The monoisotopic (exact) mass is 1360 g/mol. The topological polar surface area (TPSA) is 23.8 Å². The van der Waals surface area contributed by atoms with Gasteiger partial charge in [-0.25, -0.2) is 0 Å². The van der Waals surface area contributed by atoms with Crippen LogP contribution in [0.3, 0.4) is 0 Å². The van der Waals surface area contributed by atoms with Gasteiger partial charge >= 0.3 is 0 Å². The third-order valence-electron chi connectivity index (χ3n) is 21.1. The number of nitrogens with zero attached hydrogens (tertiary/aromatic N) is 1. The number of rotatable bonds is 3. The predicted octanol–water partition coefficient (Wildman–Crippen LogP) is 31.4. The lowest BCUT2D eigenvalue weighted by molar-refractivity contribution is -0.113. The van der Waals surface area contributed by atoms with Gasteiger partial charge in [-0.15, -0.1) is 0 Å². The molecule has 0 amide bonds. The highest BCUT2D eigenvalue weighted by Crippen LogP contribution is 2.66. The molecule has 1 heteroatoms.